The standard InChI is InChI=1S/C21H23BrFN3O2/c22-17-3-1-2-16(12-17)21(28)24-13-20(27)25-19-8-10-26(11-9-19)14-15-4-6-18(23)7-5-15/h1-7,12,19H,8-11,13-14H2,(H,24,28)(H,25,27). The Bertz CT molecular complexity index is 821. The summed E-state index contributed by atoms with van der Waals surface area (Å²) >= 11 is 3.33. The van der Waals surface area contributed by atoms with Gasteiger partial charge in [-0.25, -0.2) is 4.39 Å². The lowest BCUT2D eigenvalue weighted by Gasteiger charge is -2.32. The highest BCUT2D eigenvalue weighted by Crippen LogP contribution is 2.14. The molecule has 0 aromatic heterocycles. The van der Waals surface area contributed by atoms with Gasteiger partial charge >= 0.3 is 0 Å². The molecule has 0 bridgehead atoms. The van der Waals surface area contributed by atoms with Crippen molar-refractivity contribution in [3.8, 4) is 0 Å². The molecule has 3 rings (SSSR count). The molecule has 0 atom stereocenters. The highest BCUT2D eigenvalue weighted by atomic mass is 79.9. The summed E-state index contributed by atoms with van der Waals surface area (Å²) in [6.07, 6.45) is 1.71. The van der Waals surface area contributed by atoms with E-state index in [0.717, 1.165) is 42.5 Å². The molecular weight excluding hydrogens is 425 g/mol. The van der Waals surface area contributed by atoms with Crippen LogP contribution in [0.5, 0.6) is 0 Å². The van der Waals surface area contributed by atoms with Gasteiger partial charge in [-0.2, -0.15) is 0 Å². The Morgan fingerprint density at radius 1 is 1.11 bits per heavy atom. The maximum atomic E-state index is 13.0. The lowest BCUT2D eigenvalue weighted by atomic mass is 10.0. The van der Waals surface area contributed by atoms with Crippen LogP contribution in [-0.4, -0.2) is 42.4 Å². The number of carbonyl (C=O) groups excluding carboxylic acids is 2. The molecule has 0 unspecified atom stereocenters. The van der Waals surface area contributed by atoms with Gasteiger partial charge in [-0.1, -0.05) is 34.1 Å². The van der Waals surface area contributed by atoms with Crippen molar-refractivity contribution in [2.24, 2.45) is 0 Å². The van der Waals surface area contributed by atoms with Gasteiger partial charge in [-0.05, 0) is 48.7 Å². The first-order chi connectivity index (χ1) is 13.5. The minimum Gasteiger partial charge on any atom is -0.352 e. The first-order valence-corrected chi connectivity index (χ1v) is 10.1. The zero-order chi connectivity index (χ0) is 19.9. The average Bonchev–Trinajstić information content (AvgIpc) is 2.69. The van der Waals surface area contributed by atoms with E-state index in [-0.39, 0.29) is 30.2 Å². The van der Waals surface area contributed by atoms with Crippen LogP contribution in [0.15, 0.2) is 53.0 Å². The number of hydrogen-bond acceptors (Lipinski definition) is 3. The molecule has 0 spiro atoms. The summed E-state index contributed by atoms with van der Waals surface area (Å²) in [6, 6.07) is 13.7. The molecule has 0 aliphatic carbocycles. The number of benzene rings is 2. The van der Waals surface area contributed by atoms with E-state index in [1.54, 1.807) is 30.3 Å². The zero-order valence-electron chi connectivity index (χ0n) is 15.5. The number of likely N-dealkylation sites (tertiary alicyclic amines) is 1. The number of hydrogen-bond donors (Lipinski definition) is 2. The molecule has 1 saturated heterocycles. The van der Waals surface area contributed by atoms with E-state index >= 15 is 0 Å². The van der Waals surface area contributed by atoms with Crippen LogP contribution in [-0.2, 0) is 11.3 Å². The molecule has 0 radical (unpaired) electrons. The molecule has 1 aliphatic rings. The average molecular weight is 448 g/mol. The maximum Gasteiger partial charge on any atom is 0.251 e. The van der Waals surface area contributed by atoms with Crippen molar-refractivity contribution in [3.63, 3.8) is 0 Å². The number of nitrogens with one attached hydrogen (secondary N) is 2. The Morgan fingerprint density at radius 3 is 2.50 bits per heavy atom. The molecule has 1 aliphatic heterocycles. The molecule has 1 fully saturated rings. The molecule has 28 heavy (non-hydrogen) atoms. The molecule has 148 valence electrons. The fourth-order valence-corrected chi connectivity index (χ4v) is 3.65. The summed E-state index contributed by atoms with van der Waals surface area (Å²) in [6.45, 7) is 2.48. The largest absolute Gasteiger partial charge is 0.352 e. The summed E-state index contributed by atoms with van der Waals surface area (Å²) in [4.78, 5) is 26.5. The number of piperidine rings is 1. The Kier molecular flexibility index (Phi) is 7.17. The van der Waals surface area contributed by atoms with Crippen LogP contribution in [0.25, 0.3) is 0 Å². The summed E-state index contributed by atoms with van der Waals surface area (Å²) in [5, 5.41) is 5.64. The van der Waals surface area contributed by atoms with Crippen molar-refractivity contribution in [1.82, 2.24) is 15.5 Å². The summed E-state index contributed by atoms with van der Waals surface area (Å²) in [5.41, 5.74) is 1.59. The molecule has 0 saturated carbocycles. The van der Waals surface area contributed by atoms with Gasteiger partial charge in [0.2, 0.25) is 5.91 Å². The number of amides is 2. The van der Waals surface area contributed by atoms with E-state index in [0.29, 0.717) is 5.56 Å². The second-order valence-corrected chi connectivity index (χ2v) is 7.85. The van der Waals surface area contributed by atoms with Crippen LogP contribution in [0, 0.1) is 5.82 Å². The summed E-state index contributed by atoms with van der Waals surface area (Å²) in [7, 11) is 0. The van der Waals surface area contributed by atoms with Crippen molar-refractivity contribution < 1.29 is 14.0 Å². The molecule has 7 heteroatoms. The normalized spacial score (nSPS) is 15.2. The maximum absolute atomic E-state index is 13.0. The third-order valence-corrected chi connectivity index (χ3v) is 5.26. The van der Waals surface area contributed by atoms with Crippen molar-refractivity contribution >= 4 is 27.7 Å². The highest BCUT2D eigenvalue weighted by Gasteiger charge is 2.21. The topological polar surface area (TPSA) is 61.4 Å². The van der Waals surface area contributed by atoms with Crippen LogP contribution in [0.1, 0.15) is 28.8 Å². The summed E-state index contributed by atoms with van der Waals surface area (Å²) in [5.74, 6) is -0.678. The highest BCUT2D eigenvalue weighted by molar-refractivity contribution is 9.10. The predicted octanol–water partition coefficient (Wildman–Crippen LogP) is 3.10. The van der Waals surface area contributed by atoms with E-state index in [1.165, 1.54) is 12.1 Å². The van der Waals surface area contributed by atoms with Gasteiger partial charge in [0.05, 0.1) is 6.54 Å². The number of halogens is 2. The Hall–Kier alpha value is -2.25. The van der Waals surface area contributed by atoms with Crippen molar-refractivity contribution in [2.45, 2.75) is 25.4 Å². The number of carbonyl (C=O) groups is 2. The van der Waals surface area contributed by atoms with E-state index in [4.69, 9.17) is 0 Å². The molecule has 2 aromatic rings. The zero-order valence-corrected chi connectivity index (χ0v) is 17.0. The van der Waals surface area contributed by atoms with E-state index in [1.807, 2.05) is 6.07 Å². The molecule has 5 nitrogen and oxygen atoms in total. The Morgan fingerprint density at radius 2 is 1.82 bits per heavy atom. The van der Waals surface area contributed by atoms with Crippen molar-refractivity contribution in [2.75, 3.05) is 19.6 Å². The number of nitrogens with zero attached hydrogens (tertiary/aromatic N) is 1. The Labute approximate surface area is 172 Å². The van der Waals surface area contributed by atoms with Gasteiger partial charge in [-0.3, -0.25) is 14.5 Å². The minimum absolute atomic E-state index is 0.0405. The molecule has 2 amide bonds. The Balaban J connectivity index is 1.37. The van der Waals surface area contributed by atoms with Crippen LogP contribution >= 0.6 is 15.9 Å². The third-order valence-electron chi connectivity index (χ3n) is 4.77. The summed E-state index contributed by atoms with van der Waals surface area (Å²) < 4.78 is 13.8. The van der Waals surface area contributed by atoms with Crippen LogP contribution in [0.4, 0.5) is 4.39 Å². The van der Waals surface area contributed by atoms with Crippen LogP contribution in [0.3, 0.4) is 0 Å². The van der Waals surface area contributed by atoms with E-state index < -0.39 is 0 Å². The van der Waals surface area contributed by atoms with Gasteiger partial charge in [0.15, 0.2) is 0 Å². The molecule has 1 heterocycles. The first kappa shape index (κ1) is 20.5. The molecule has 2 N–H and O–H groups in total. The van der Waals surface area contributed by atoms with E-state index in [2.05, 4.69) is 31.5 Å². The van der Waals surface area contributed by atoms with Crippen molar-refractivity contribution in [3.05, 3.63) is 69.9 Å². The quantitative estimate of drug-likeness (QED) is 0.714. The fourth-order valence-electron chi connectivity index (χ4n) is 3.25. The predicted molar refractivity (Wildman–Crippen MR) is 109 cm³/mol. The van der Waals surface area contributed by atoms with Gasteiger partial charge in [-0.15, -0.1) is 0 Å². The van der Waals surface area contributed by atoms with Gasteiger partial charge < -0.3 is 10.6 Å². The minimum atomic E-state index is -0.273. The van der Waals surface area contributed by atoms with Crippen LogP contribution in [0.2, 0.25) is 0 Å². The second-order valence-electron chi connectivity index (χ2n) is 6.94. The smallest absolute Gasteiger partial charge is 0.251 e. The molecule has 2 aromatic carbocycles. The lowest BCUT2D eigenvalue weighted by molar-refractivity contribution is -0.121. The SMILES string of the molecule is O=C(CNC(=O)c1cccc(Br)c1)NC1CCN(Cc2ccc(F)cc2)CC1. The van der Waals surface area contributed by atoms with E-state index in [9.17, 15) is 14.0 Å². The van der Waals surface area contributed by atoms with Gasteiger partial charge in [0.25, 0.3) is 5.91 Å². The fraction of sp³-hybridized carbons (Fsp3) is 0.333. The van der Waals surface area contributed by atoms with Crippen molar-refractivity contribution in [1.29, 1.82) is 0 Å². The van der Waals surface area contributed by atoms with Crippen LogP contribution < -0.4 is 10.6 Å². The second kappa shape index (κ2) is 9.80. The lowest BCUT2D eigenvalue weighted by Crippen LogP contribution is -2.47. The first-order valence-electron chi connectivity index (χ1n) is 9.29. The monoisotopic (exact) mass is 447 g/mol. The van der Waals surface area contributed by atoms with Gasteiger partial charge in [0.1, 0.15) is 5.82 Å². The third kappa shape index (κ3) is 6.14. The molecular formula is C21H23BrFN3O2. The number of rotatable bonds is 6. The van der Waals surface area contributed by atoms with Gasteiger partial charge in [0, 0.05) is 35.7 Å².